The lowest BCUT2D eigenvalue weighted by Crippen LogP contribution is -2.51. The smallest absolute Gasteiger partial charge is 0.276 e. The lowest BCUT2D eigenvalue weighted by Gasteiger charge is -2.34. The fourth-order valence-electron chi connectivity index (χ4n) is 4.42. The zero-order valence-electron chi connectivity index (χ0n) is 19.1. The first-order chi connectivity index (χ1) is 16.6. The number of carbonyl (C=O) groups excluding carboxylic acids is 2. The molecule has 0 bridgehead atoms. The van der Waals surface area contributed by atoms with Crippen LogP contribution in [0.2, 0.25) is 0 Å². The van der Waals surface area contributed by atoms with Gasteiger partial charge in [-0.15, -0.1) is 5.10 Å². The molecule has 5 rings (SSSR count). The minimum atomic E-state index is -0.161. The maximum atomic E-state index is 13.2. The Morgan fingerprint density at radius 3 is 2.29 bits per heavy atom. The largest absolute Gasteiger partial charge is 0.365 e. The van der Waals surface area contributed by atoms with E-state index in [0.717, 1.165) is 11.1 Å². The van der Waals surface area contributed by atoms with E-state index in [4.69, 9.17) is 4.74 Å². The lowest BCUT2D eigenvalue weighted by atomic mass is 10.1. The van der Waals surface area contributed by atoms with Crippen molar-refractivity contribution >= 4 is 17.9 Å². The van der Waals surface area contributed by atoms with E-state index in [1.807, 2.05) is 73.7 Å². The second-order valence-corrected chi connectivity index (χ2v) is 8.60. The first kappa shape index (κ1) is 22.0. The molecule has 1 atom stereocenters. The summed E-state index contributed by atoms with van der Waals surface area (Å²) >= 11 is 0. The Labute approximate surface area is 198 Å². The van der Waals surface area contributed by atoms with Crippen LogP contribution in [-0.4, -0.2) is 62.8 Å². The normalized spacial score (nSPS) is 18.5. The summed E-state index contributed by atoms with van der Waals surface area (Å²) in [7, 11) is 0. The van der Waals surface area contributed by atoms with Gasteiger partial charge >= 0.3 is 0 Å². The highest BCUT2D eigenvalue weighted by Crippen LogP contribution is 2.27. The molecule has 1 unspecified atom stereocenters. The number of piperazine rings is 1. The monoisotopic (exact) mass is 457 g/mol. The van der Waals surface area contributed by atoms with Crippen LogP contribution in [0.4, 0.5) is 0 Å². The van der Waals surface area contributed by atoms with E-state index in [1.165, 1.54) is 0 Å². The van der Waals surface area contributed by atoms with E-state index in [1.54, 1.807) is 14.5 Å². The molecule has 0 spiro atoms. The van der Waals surface area contributed by atoms with E-state index >= 15 is 0 Å². The third-order valence-corrected chi connectivity index (χ3v) is 6.35. The number of carbonyl (C=O) groups is 2. The minimum absolute atomic E-state index is 0.00246. The van der Waals surface area contributed by atoms with Crippen LogP contribution in [0, 0.1) is 0 Å². The zero-order valence-corrected chi connectivity index (χ0v) is 19.1. The first-order valence-corrected chi connectivity index (χ1v) is 11.5. The second-order valence-electron chi connectivity index (χ2n) is 8.60. The summed E-state index contributed by atoms with van der Waals surface area (Å²) in [6, 6.07) is 19.8. The molecule has 2 aliphatic heterocycles. The van der Waals surface area contributed by atoms with Crippen LogP contribution >= 0.6 is 0 Å². The Bertz CT molecular complexity index is 1200. The van der Waals surface area contributed by atoms with Crippen LogP contribution in [0.25, 0.3) is 6.08 Å². The van der Waals surface area contributed by atoms with Gasteiger partial charge in [0, 0.05) is 31.8 Å². The number of hydrogen-bond acceptors (Lipinski definition) is 5. The molecule has 8 nitrogen and oxygen atoms in total. The van der Waals surface area contributed by atoms with Gasteiger partial charge in [-0.25, -0.2) is 4.68 Å². The summed E-state index contributed by atoms with van der Waals surface area (Å²) in [5, 5.41) is 8.40. The maximum absolute atomic E-state index is 13.2. The SMILES string of the molecule is C/C(=C\c1ccccc1)C(=O)N1CCN(C(=O)c2nnn3c2COC(c2ccccc2)C3)CC1. The summed E-state index contributed by atoms with van der Waals surface area (Å²) in [6.45, 7) is 4.54. The molecule has 0 aliphatic carbocycles. The van der Waals surface area contributed by atoms with Gasteiger partial charge in [-0.3, -0.25) is 9.59 Å². The highest BCUT2D eigenvalue weighted by atomic mass is 16.5. The number of hydrogen-bond donors (Lipinski definition) is 0. The van der Waals surface area contributed by atoms with Crippen molar-refractivity contribution in [1.82, 2.24) is 24.8 Å². The average Bonchev–Trinajstić information content (AvgIpc) is 3.32. The quantitative estimate of drug-likeness (QED) is 0.563. The van der Waals surface area contributed by atoms with Gasteiger partial charge in [0.25, 0.3) is 5.91 Å². The van der Waals surface area contributed by atoms with Gasteiger partial charge in [0.2, 0.25) is 5.91 Å². The summed E-state index contributed by atoms with van der Waals surface area (Å²) in [5.74, 6) is -0.163. The van der Waals surface area contributed by atoms with Crippen molar-refractivity contribution in [3.05, 3.63) is 88.8 Å². The Balaban J connectivity index is 1.20. The van der Waals surface area contributed by atoms with Crippen molar-refractivity contribution in [3.8, 4) is 0 Å². The molecule has 3 aromatic rings. The number of fused-ring (bicyclic) bond motifs is 1. The molecule has 2 aromatic carbocycles. The van der Waals surface area contributed by atoms with Gasteiger partial charge in [-0.1, -0.05) is 65.9 Å². The van der Waals surface area contributed by atoms with E-state index in [9.17, 15) is 9.59 Å². The Kier molecular flexibility index (Phi) is 6.22. The van der Waals surface area contributed by atoms with Gasteiger partial charge in [0.1, 0.15) is 6.10 Å². The van der Waals surface area contributed by atoms with Gasteiger partial charge < -0.3 is 14.5 Å². The predicted molar refractivity (Wildman–Crippen MR) is 127 cm³/mol. The summed E-state index contributed by atoms with van der Waals surface area (Å²) in [5.41, 5.74) is 3.80. The molecule has 1 saturated heterocycles. The zero-order chi connectivity index (χ0) is 23.5. The van der Waals surface area contributed by atoms with Crippen molar-refractivity contribution in [3.63, 3.8) is 0 Å². The molecule has 8 heteroatoms. The molecule has 2 aliphatic rings. The van der Waals surface area contributed by atoms with Crippen molar-refractivity contribution in [2.45, 2.75) is 26.2 Å². The maximum Gasteiger partial charge on any atom is 0.276 e. The van der Waals surface area contributed by atoms with Crippen LogP contribution in [0.15, 0.2) is 66.2 Å². The van der Waals surface area contributed by atoms with Crippen molar-refractivity contribution in [1.29, 1.82) is 0 Å². The molecule has 34 heavy (non-hydrogen) atoms. The number of benzene rings is 2. The fraction of sp³-hybridized carbons (Fsp3) is 0.308. The number of rotatable bonds is 4. The van der Waals surface area contributed by atoms with Crippen molar-refractivity contribution < 1.29 is 14.3 Å². The molecular formula is C26H27N5O3. The Morgan fingerprint density at radius 1 is 0.941 bits per heavy atom. The minimum Gasteiger partial charge on any atom is -0.365 e. The third kappa shape index (κ3) is 4.49. The molecule has 1 aromatic heterocycles. The van der Waals surface area contributed by atoms with Gasteiger partial charge in [-0.2, -0.15) is 0 Å². The van der Waals surface area contributed by atoms with Crippen LogP contribution in [0.5, 0.6) is 0 Å². The van der Waals surface area contributed by atoms with E-state index in [2.05, 4.69) is 10.3 Å². The fourth-order valence-corrected chi connectivity index (χ4v) is 4.42. The van der Waals surface area contributed by atoms with Crippen molar-refractivity contribution in [2.75, 3.05) is 26.2 Å². The Morgan fingerprint density at radius 2 is 1.59 bits per heavy atom. The molecule has 0 saturated carbocycles. The second kappa shape index (κ2) is 9.61. The highest BCUT2D eigenvalue weighted by molar-refractivity contribution is 5.97. The standard InChI is InChI=1S/C26H27N5O3/c1-19(16-20-8-4-2-5-9-20)25(32)29-12-14-30(15-13-29)26(33)24-22-18-34-23(17-31(22)28-27-24)21-10-6-3-7-11-21/h2-11,16,23H,12-15,17-18H2,1H3/b19-16+. The van der Waals surface area contributed by atoms with Gasteiger partial charge in [0.15, 0.2) is 5.69 Å². The number of aromatic nitrogens is 3. The predicted octanol–water partition coefficient (Wildman–Crippen LogP) is 2.94. The molecule has 174 valence electrons. The highest BCUT2D eigenvalue weighted by Gasteiger charge is 2.32. The van der Waals surface area contributed by atoms with Gasteiger partial charge in [0.05, 0.1) is 18.8 Å². The van der Waals surface area contributed by atoms with E-state index in [0.29, 0.717) is 49.7 Å². The molecule has 1 fully saturated rings. The first-order valence-electron chi connectivity index (χ1n) is 11.5. The van der Waals surface area contributed by atoms with Crippen LogP contribution in [0.1, 0.15) is 40.3 Å². The van der Waals surface area contributed by atoms with Gasteiger partial charge in [-0.05, 0) is 24.1 Å². The van der Waals surface area contributed by atoms with Crippen LogP contribution < -0.4 is 0 Å². The van der Waals surface area contributed by atoms with E-state index in [-0.39, 0.29) is 24.5 Å². The average molecular weight is 458 g/mol. The summed E-state index contributed by atoms with van der Waals surface area (Å²) in [4.78, 5) is 29.6. The molecular weight excluding hydrogens is 430 g/mol. The number of ether oxygens (including phenoxy) is 1. The summed E-state index contributed by atoms with van der Waals surface area (Å²) in [6.07, 6.45) is 1.78. The third-order valence-electron chi connectivity index (χ3n) is 6.35. The van der Waals surface area contributed by atoms with Crippen LogP contribution in [0.3, 0.4) is 0 Å². The molecule has 0 radical (unpaired) electrons. The number of amides is 2. The molecule has 2 amide bonds. The molecule has 3 heterocycles. The molecule has 0 N–H and O–H groups in total. The number of nitrogens with zero attached hydrogens (tertiary/aromatic N) is 5. The van der Waals surface area contributed by atoms with Crippen molar-refractivity contribution in [2.24, 2.45) is 0 Å². The lowest BCUT2D eigenvalue weighted by molar-refractivity contribution is -0.128. The van der Waals surface area contributed by atoms with E-state index < -0.39 is 0 Å². The van der Waals surface area contributed by atoms with Crippen LogP contribution in [-0.2, 0) is 22.7 Å². The Hall–Kier alpha value is -3.78. The summed E-state index contributed by atoms with van der Waals surface area (Å²) < 4.78 is 7.79. The topological polar surface area (TPSA) is 80.6 Å².